The Morgan fingerprint density at radius 2 is 2.10 bits per heavy atom. The van der Waals surface area contributed by atoms with Crippen LogP contribution in [0.3, 0.4) is 0 Å². The van der Waals surface area contributed by atoms with Crippen LogP contribution in [0.2, 0.25) is 0 Å². The number of nitrogen functional groups attached to an aromatic ring is 1. The minimum absolute atomic E-state index is 0.147. The normalized spacial score (nSPS) is 10.3. The summed E-state index contributed by atoms with van der Waals surface area (Å²) < 4.78 is 13.7. The summed E-state index contributed by atoms with van der Waals surface area (Å²) in [4.78, 5) is 16.2. The molecule has 1 amide bonds. The van der Waals surface area contributed by atoms with Gasteiger partial charge in [-0.1, -0.05) is 13.0 Å². The number of nitrogens with two attached hydrogens (primary N) is 1. The van der Waals surface area contributed by atoms with Crippen molar-refractivity contribution in [2.45, 2.75) is 20.3 Å². The van der Waals surface area contributed by atoms with Crippen LogP contribution >= 0.6 is 0 Å². The third-order valence-electron chi connectivity index (χ3n) is 2.90. The first-order valence-electron chi connectivity index (χ1n) is 6.33. The minimum Gasteiger partial charge on any atom is -0.384 e. The molecule has 104 valence electrons. The zero-order valence-corrected chi connectivity index (χ0v) is 11.4. The summed E-state index contributed by atoms with van der Waals surface area (Å²) >= 11 is 0. The van der Waals surface area contributed by atoms with Gasteiger partial charge >= 0.3 is 0 Å². The van der Waals surface area contributed by atoms with E-state index in [0.717, 1.165) is 11.3 Å². The van der Waals surface area contributed by atoms with E-state index in [0.29, 0.717) is 12.0 Å². The highest BCUT2D eigenvalue weighted by Gasteiger charge is 2.11. The molecular weight excluding hydrogens is 257 g/mol. The molecule has 4 nitrogen and oxygen atoms in total. The highest BCUT2D eigenvalue weighted by atomic mass is 19.1. The number of nitrogens with zero attached hydrogens (tertiary/aromatic N) is 1. The molecule has 2 aromatic rings. The number of benzene rings is 1. The van der Waals surface area contributed by atoms with E-state index in [1.54, 1.807) is 19.1 Å². The van der Waals surface area contributed by atoms with Crippen LogP contribution in [-0.4, -0.2) is 10.9 Å². The Hall–Kier alpha value is -2.43. The third kappa shape index (κ3) is 3.12. The molecule has 0 radical (unpaired) electrons. The maximum atomic E-state index is 13.7. The van der Waals surface area contributed by atoms with E-state index >= 15 is 0 Å². The van der Waals surface area contributed by atoms with E-state index in [2.05, 4.69) is 10.3 Å². The fourth-order valence-electron chi connectivity index (χ4n) is 1.84. The maximum absolute atomic E-state index is 13.7. The molecule has 0 aliphatic carbocycles. The summed E-state index contributed by atoms with van der Waals surface area (Å²) in [5.41, 5.74) is 7.68. The van der Waals surface area contributed by atoms with Crippen molar-refractivity contribution in [3.63, 3.8) is 0 Å². The van der Waals surface area contributed by atoms with Gasteiger partial charge in [0.2, 0.25) is 0 Å². The number of hydrogen-bond donors (Lipinski definition) is 2. The molecular formula is C15H16FN3O. The first kappa shape index (κ1) is 14.0. The molecule has 0 saturated carbocycles. The fraction of sp³-hybridized carbons (Fsp3) is 0.200. The van der Waals surface area contributed by atoms with Gasteiger partial charge in [-0.05, 0) is 43.2 Å². The quantitative estimate of drug-likeness (QED) is 0.903. The molecule has 1 aromatic heterocycles. The Kier molecular flexibility index (Phi) is 3.98. The van der Waals surface area contributed by atoms with Crippen molar-refractivity contribution in [3.8, 4) is 0 Å². The summed E-state index contributed by atoms with van der Waals surface area (Å²) in [5, 5.41) is 2.53. The van der Waals surface area contributed by atoms with Crippen LogP contribution in [0.25, 0.3) is 0 Å². The molecule has 0 fully saturated rings. The molecule has 5 heteroatoms. The predicted molar refractivity (Wildman–Crippen MR) is 77.1 cm³/mol. The molecule has 0 bridgehead atoms. The highest BCUT2D eigenvalue weighted by Crippen LogP contribution is 2.17. The van der Waals surface area contributed by atoms with Crippen molar-refractivity contribution in [1.29, 1.82) is 0 Å². The first-order valence-corrected chi connectivity index (χ1v) is 6.33. The Morgan fingerprint density at radius 3 is 2.75 bits per heavy atom. The summed E-state index contributed by atoms with van der Waals surface area (Å²) in [7, 11) is 0. The van der Waals surface area contributed by atoms with Crippen molar-refractivity contribution >= 4 is 17.4 Å². The van der Waals surface area contributed by atoms with Crippen LogP contribution in [0.15, 0.2) is 30.3 Å². The van der Waals surface area contributed by atoms with Crippen molar-refractivity contribution in [2.24, 2.45) is 0 Å². The molecule has 0 spiro atoms. The largest absolute Gasteiger partial charge is 0.384 e. The lowest BCUT2D eigenvalue weighted by atomic mass is 10.1. The number of pyridine rings is 1. The summed E-state index contributed by atoms with van der Waals surface area (Å²) in [6.07, 6.45) is 0.671. The lowest BCUT2D eigenvalue weighted by Gasteiger charge is -2.08. The average Bonchev–Trinajstić information content (AvgIpc) is 2.41. The number of carbonyl (C=O) groups is 1. The number of amides is 1. The predicted octanol–water partition coefficient (Wildman–Crippen LogP) is 2.93. The number of rotatable bonds is 3. The number of hydrogen-bond acceptors (Lipinski definition) is 3. The van der Waals surface area contributed by atoms with Gasteiger partial charge in [-0.3, -0.25) is 4.79 Å². The number of halogens is 1. The molecule has 0 unspecified atom stereocenters. The Morgan fingerprint density at radius 1 is 1.35 bits per heavy atom. The minimum atomic E-state index is -0.462. The third-order valence-corrected chi connectivity index (χ3v) is 2.90. The number of aromatic nitrogens is 1. The summed E-state index contributed by atoms with van der Waals surface area (Å²) in [6, 6.07) is 7.76. The van der Waals surface area contributed by atoms with Crippen LogP contribution in [0.4, 0.5) is 15.9 Å². The number of nitrogens with one attached hydrogen (secondary N) is 1. The van der Waals surface area contributed by atoms with Crippen molar-refractivity contribution in [2.75, 3.05) is 11.1 Å². The number of aryl methyl sites for hydroxylation is 2. The van der Waals surface area contributed by atoms with E-state index < -0.39 is 11.7 Å². The van der Waals surface area contributed by atoms with Crippen molar-refractivity contribution < 1.29 is 9.18 Å². The van der Waals surface area contributed by atoms with E-state index in [4.69, 9.17) is 5.73 Å². The molecule has 3 N–H and O–H groups in total. The summed E-state index contributed by atoms with van der Waals surface area (Å²) in [5.74, 6) is -0.591. The van der Waals surface area contributed by atoms with Gasteiger partial charge in [0, 0.05) is 11.3 Å². The fourth-order valence-corrected chi connectivity index (χ4v) is 1.84. The van der Waals surface area contributed by atoms with E-state index in [1.807, 2.05) is 6.92 Å². The van der Waals surface area contributed by atoms with Crippen LogP contribution in [0.1, 0.15) is 28.5 Å². The molecule has 0 aliphatic heterocycles. The number of anilines is 2. The van der Waals surface area contributed by atoms with Crippen LogP contribution in [-0.2, 0) is 6.42 Å². The molecule has 20 heavy (non-hydrogen) atoms. The molecule has 0 aliphatic rings. The molecule has 0 saturated heterocycles. The van der Waals surface area contributed by atoms with Crippen LogP contribution < -0.4 is 11.1 Å². The average molecular weight is 273 g/mol. The monoisotopic (exact) mass is 273 g/mol. The lowest BCUT2D eigenvalue weighted by molar-refractivity contribution is 0.102. The van der Waals surface area contributed by atoms with Gasteiger partial charge < -0.3 is 11.1 Å². The Labute approximate surface area is 116 Å². The van der Waals surface area contributed by atoms with Gasteiger partial charge in [-0.25, -0.2) is 9.37 Å². The van der Waals surface area contributed by atoms with E-state index in [1.165, 1.54) is 18.2 Å². The topological polar surface area (TPSA) is 68.0 Å². The van der Waals surface area contributed by atoms with Gasteiger partial charge in [0.1, 0.15) is 11.6 Å². The van der Waals surface area contributed by atoms with Gasteiger partial charge in [0.05, 0.1) is 5.69 Å². The number of carbonyl (C=O) groups excluding carboxylic acids is 1. The SMILES string of the molecule is CCc1cc(C(=O)Nc2ccc(C)cc2F)cc(N)n1. The van der Waals surface area contributed by atoms with Crippen molar-refractivity contribution in [3.05, 3.63) is 53.0 Å². The second-order valence-electron chi connectivity index (χ2n) is 4.56. The molecule has 1 aromatic carbocycles. The summed E-state index contributed by atoms with van der Waals surface area (Å²) in [6.45, 7) is 3.70. The zero-order chi connectivity index (χ0) is 14.7. The smallest absolute Gasteiger partial charge is 0.255 e. The van der Waals surface area contributed by atoms with Gasteiger partial charge in [-0.15, -0.1) is 0 Å². The van der Waals surface area contributed by atoms with Crippen LogP contribution in [0.5, 0.6) is 0 Å². The van der Waals surface area contributed by atoms with Gasteiger partial charge in [0.15, 0.2) is 0 Å². The Balaban J connectivity index is 2.26. The molecule has 1 heterocycles. The standard InChI is InChI=1S/C15H16FN3O/c1-3-11-7-10(8-14(17)18-11)15(20)19-13-5-4-9(2)6-12(13)16/h4-8H,3H2,1-2H3,(H2,17,18)(H,19,20). The maximum Gasteiger partial charge on any atom is 0.255 e. The Bertz CT molecular complexity index is 656. The van der Waals surface area contributed by atoms with Gasteiger partial charge in [-0.2, -0.15) is 0 Å². The van der Waals surface area contributed by atoms with Gasteiger partial charge in [0.25, 0.3) is 5.91 Å². The second-order valence-corrected chi connectivity index (χ2v) is 4.56. The van der Waals surface area contributed by atoms with Crippen molar-refractivity contribution in [1.82, 2.24) is 4.98 Å². The van der Waals surface area contributed by atoms with E-state index in [-0.39, 0.29) is 11.5 Å². The zero-order valence-electron chi connectivity index (χ0n) is 11.4. The molecule has 2 rings (SSSR count). The first-order chi connectivity index (χ1) is 9.49. The molecule has 0 atom stereocenters. The highest BCUT2D eigenvalue weighted by molar-refractivity contribution is 6.04. The lowest BCUT2D eigenvalue weighted by Crippen LogP contribution is -2.14. The van der Waals surface area contributed by atoms with Crippen LogP contribution in [0, 0.1) is 12.7 Å². The van der Waals surface area contributed by atoms with E-state index in [9.17, 15) is 9.18 Å². The second kappa shape index (κ2) is 5.69.